The molecule has 2 atom stereocenters. The van der Waals surface area contributed by atoms with E-state index in [0.717, 1.165) is 25.0 Å². The average Bonchev–Trinajstić information content (AvgIpc) is 2.77. The molecule has 3 heteroatoms. The maximum atomic E-state index is 4.08. The zero-order chi connectivity index (χ0) is 14.4. The fourth-order valence-electron chi connectivity index (χ4n) is 3.36. The van der Waals surface area contributed by atoms with E-state index in [1.807, 2.05) is 18.7 Å². The van der Waals surface area contributed by atoms with Crippen LogP contribution in [-0.2, 0) is 6.54 Å². The van der Waals surface area contributed by atoms with Crippen LogP contribution >= 0.6 is 0 Å². The molecule has 0 aromatic carbocycles. The minimum Gasteiger partial charge on any atom is -0.337 e. The lowest BCUT2D eigenvalue weighted by atomic mass is 9.76. The second-order valence-electron chi connectivity index (χ2n) is 7.38. The van der Waals surface area contributed by atoms with Crippen LogP contribution in [0.1, 0.15) is 59.3 Å². The van der Waals surface area contributed by atoms with Crippen molar-refractivity contribution in [2.45, 2.75) is 71.9 Å². The van der Waals surface area contributed by atoms with Gasteiger partial charge in [-0.15, -0.1) is 0 Å². The maximum absolute atomic E-state index is 4.08. The van der Waals surface area contributed by atoms with Crippen molar-refractivity contribution in [2.24, 2.45) is 11.3 Å². The van der Waals surface area contributed by atoms with Crippen molar-refractivity contribution in [2.75, 3.05) is 6.54 Å². The van der Waals surface area contributed by atoms with Gasteiger partial charge in [0.2, 0.25) is 0 Å². The highest BCUT2D eigenvalue weighted by molar-refractivity contribution is 4.81. The lowest BCUT2D eigenvalue weighted by Gasteiger charge is -2.29. The first-order valence-corrected chi connectivity index (χ1v) is 8.25. The minimum absolute atomic E-state index is 0.482. The predicted molar refractivity (Wildman–Crippen MR) is 84.7 cm³/mol. The number of aromatic nitrogens is 2. The molecule has 2 rings (SSSR count). The molecule has 0 saturated heterocycles. The van der Waals surface area contributed by atoms with E-state index in [2.05, 4.69) is 35.6 Å². The Morgan fingerprint density at radius 3 is 2.75 bits per heavy atom. The fraction of sp³-hybridized carbons (Fsp3) is 0.824. The van der Waals surface area contributed by atoms with E-state index in [-0.39, 0.29) is 0 Å². The average molecular weight is 277 g/mol. The molecule has 1 aliphatic rings. The van der Waals surface area contributed by atoms with Crippen molar-refractivity contribution in [1.82, 2.24) is 14.9 Å². The van der Waals surface area contributed by atoms with Crippen LogP contribution in [0.4, 0.5) is 0 Å². The molecule has 0 aliphatic heterocycles. The Hall–Kier alpha value is -0.830. The van der Waals surface area contributed by atoms with Gasteiger partial charge >= 0.3 is 0 Å². The highest BCUT2D eigenvalue weighted by Gasteiger charge is 2.27. The summed E-state index contributed by atoms with van der Waals surface area (Å²) in [6.45, 7) is 9.40. The first-order valence-electron chi connectivity index (χ1n) is 8.25. The smallest absolute Gasteiger partial charge is 0.0945 e. The van der Waals surface area contributed by atoms with Crippen LogP contribution in [0.15, 0.2) is 18.7 Å². The largest absolute Gasteiger partial charge is 0.337 e. The quantitative estimate of drug-likeness (QED) is 0.654. The van der Waals surface area contributed by atoms with Gasteiger partial charge in [-0.3, -0.25) is 0 Å². The number of nitrogens with one attached hydrogen (secondary N) is 1. The van der Waals surface area contributed by atoms with Gasteiger partial charge < -0.3 is 9.88 Å². The normalized spacial score (nSPS) is 24.6. The molecule has 114 valence electrons. The molecule has 0 radical (unpaired) electrons. The summed E-state index contributed by atoms with van der Waals surface area (Å²) >= 11 is 0. The summed E-state index contributed by atoms with van der Waals surface area (Å²) in [5, 5.41) is 3.76. The minimum atomic E-state index is 0.482. The zero-order valence-electron chi connectivity index (χ0n) is 13.4. The van der Waals surface area contributed by atoms with Crippen LogP contribution in [0, 0.1) is 11.3 Å². The summed E-state index contributed by atoms with van der Waals surface area (Å²) in [6.07, 6.45) is 13.9. The molecule has 1 aromatic heterocycles. The molecule has 0 spiro atoms. The third-order valence-corrected chi connectivity index (χ3v) is 4.78. The third kappa shape index (κ3) is 4.93. The molecule has 1 aliphatic carbocycles. The molecule has 0 bridgehead atoms. The Labute approximate surface area is 124 Å². The Morgan fingerprint density at radius 2 is 2.05 bits per heavy atom. The molecule has 1 N–H and O–H groups in total. The molecule has 1 aromatic rings. The number of nitrogens with zero attached hydrogens (tertiary/aromatic N) is 2. The Balaban J connectivity index is 1.64. The number of aryl methyl sites for hydroxylation is 1. The Morgan fingerprint density at radius 1 is 1.20 bits per heavy atom. The summed E-state index contributed by atoms with van der Waals surface area (Å²) in [5.41, 5.74) is 0.482. The van der Waals surface area contributed by atoms with E-state index < -0.39 is 0 Å². The van der Waals surface area contributed by atoms with Gasteiger partial charge in [-0.1, -0.05) is 27.2 Å². The van der Waals surface area contributed by atoms with Gasteiger partial charge in [0.25, 0.3) is 0 Å². The monoisotopic (exact) mass is 277 g/mol. The fourth-order valence-corrected chi connectivity index (χ4v) is 3.36. The van der Waals surface area contributed by atoms with Gasteiger partial charge in [0.1, 0.15) is 0 Å². The zero-order valence-corrected chi connectivity index (χ0v) is 13.4. The van der Waals surface area contributed by atoms with E-state index in [4.69, 9.17) is 0 Å². The predicted octanol–water partition coefficient (Wildman–Crippen LogP) is 3.86. The second-order valence-corrected chi connectivity index (χ2v) is 7.38. The van der Waals surface area contributed by atoms with Crippen LogP contribution < -0.4 is 5.32 Å². The van der Waals surface area contributed by atoms with Crippen molar-refractivity contribution in [3.63, 3.8) is 0 Å². The van der Waals surface area contributed by atoms with Gasteiger partial charge in [0.05, 0.1) is 6.33 Å². The number of imidazole rings is 1. The molecule has 1 saturated carbocycles. The van der Waals surface area contributed by atoms with Crippen molar-refractivity contribution in [1.29, 1.82) is 0 Å². The summed E-state index contributed by atoms with van der Waals surface area (Å²) < 4.78 is 2.16. The van der Waals surface area contributed by atoms with Crippen LogP contribution in [0.2, 0.25) is 0 Å². The SMILES string of the molecule is CC(C)(C)C1CCCC(NCCCn2ccnc2)CC1. The van der Waals surface area contributed by atoms with Crippen LogP contribution in [0.3, 0.4) is 0 Å². The first-order chi connectivity index (χ1) is 9.55. The molecule has 2 unspecified atom stereocenters. The number of hydrogen-bond acceptors (Lipinski definition) is 2. The molecule has 1 heterocycles. The molecular formula is C17H31N3. The lowest BCUT2D eigenvalue weighted by Crippen LogP contribution is -2.30. The molecule has 20 heavy (non-hydrogen) atoms. The third-order valence-electron chi connectivity index (χ3n) is 4.78. The molecule has 0 amide bonds. The van der Waals surface area contributed by atoms with Gasteiger partial charge in [0.15, 0.2) is 0 Å². The standard InChI is InChI=1S/C17H31N3/c1-17(2,3)15-6-4-7-16(9-8-15)19-10-5-12-20-13-11-18-14-20/h11,13-16,19H,4-10,12H2,1-3H3. The number of hydrogen-bond donors (Lipinski definition) is 1. The topological polar surface area (TPSA) is 29.9 Å². The van der Waals surface area contributed by atoms with Crippen molar-refractivity contribution in [3.05, 3.63) is 18.7 Å². The van der Waals surface area contributed by atoms with Gasteiger partial charge in [-0.05, 0) is 50.0 Å². The van der Waals surface area contributed by atoms with Crippen LogP contribution in [-0.4, -0.2) is 22.1 Å². The van der Waals surface area contributed by atoms with Crippen molar-refractivity contribution in [3.8, 4) is 0 Å². The van der Waals surface area contributed by atoms with Gasteiger partial charge in [0, 0.05) is 25.0 Å². The van der Waals surface area contributed by atoms with Gasteiger partial charge in [-0.2, -0.15) is 0 Å². The Bertz CT molecular complexity index is 364. The molecule has 1 fully saturated rings. The van der Waals surface area contributed by atoms with E-state index >= 15 is 0 Å². The second kappa shape index (κ2) is 7.26. The van der Waals surface area contributed by atoms with E-state index in [0.29, 0.717) is 5.41 Å². The Kier molecular flexibility index (Phi) is 5.64. The molecular weight excluding hydrogens is 246 g/mol. The van der Waals surface area contributed by atoms with Gasteiger partial charge in [-0.25, -0.2) is 4.98 Å². The van der Waals surface area contributed by atoms with Crippen molar-refractivity contribution < 1.29 is 0 Å². The highest BCUT2D eigenvalue weighted by Crippen LogP contribution is 2.36. The summed E-state index contributed by atoms with van der Waals surface area (Å²) in [6, 6.07) is 0.741. The van der Waals surface area contributed by atoms with Crippen LogP contribution in [0.5, 0.6) is 0 Å². The summed E-state index contributed by atoms with van der Waals surface area (Å²) in [5.74, 6) is 0.903. The summed E-state index contributed by atoms with van der Waals surface area (Å²) in [7, 11) is 0. The van der Waals surface area contributed by atoms with E-state index in [1.54, 1.807) is 0 Å². The lowest BCUT2D eigenvalue weighted by molar-refractivity contribution is 0.213. The van der Waals surface area contributed by atoms with E-state index in [1.165, 1.54) is 38.5 Å². The maximum Gasteiger partial charge on any atom is 0.0945 e. The molecule has 3 nitrogen and oxygen atoms in total. The summed E-state index contributed by atoms with van der Waals surface area (Å²) in [4.78, 5) is 4.08. The van der Waals surface area contributed by atoms with Crippen molar-refractivity contribution >= 4 is 0 Å². The number of rotatable bonds is 5. The first kappa shape index (κ1) is 15.6. The van der Waals surface area contributed by atoms with Crippen LogP contribution in [0.25, 0.3) is 0 Å². The van der Waals surface area contributed by atoms with E-state index in [9.17, 15) is 0 Å². The highest BCUT2D eigenvalue weighted by atomic mass is 15.0.